The maximum Gasteiger partial charge on any atom is 0.410 e. The lowest BCUT2D eigenvalue weighted by Crippen LogP contribution is -2.71. The minimum atomic E-state index is -3.46. The van der Waals surface area contributed by atoms with Gasteiger partial charge in [0.25, 0.3) is 5.91 Å². The second kappa shape index (κ2) is 12.2. The fraction of sp³-hybridized carbons (Fsp3) is 0.382. The number of fused-ring (bicyclic) bond motifs is 1. The van der Waals surface area contributed by atoms with Gasteiger partial charge in [-0.15, -0.1) is 0 Å². The number of amides is 2. The number of ether oxygens (including phenoxy) is 2. The molecule has 5 heterocycles. The van der Waals surface area contributed by atoms with Crippen molar-refractivity contribution in [3.63, 3.8) is 0 Å². The van der Waals surface area contributed by atoms with Gasteiger partial charge in [-0.2, -0.15) is 0 Å². The van der Waals surface area contributed by atoms with Gasteiger partial charge in [0.2, 0.25) is 0 Å². The molecule has 0 aliphatic carbocycles. The highest BCUT2D eigenvalue weighted by Gasteiger charge is 2.50. The molecule has 0 atom stereocenters. The van der Waals surface area contributed by atoms with E-state index in [0.29, 0.717) is 60.9 Å². The number of nitrogens with one attached hydrogen (secondary N) is 1. The lowest BCUT2D eigenvalue weighted by Gasteiger charge is -2.53. The molecular weight excluding hydrogens is 620 g/mol. The van der Waals surface area contributed by atoms with E-state index in [4.69, 9.17) is 19.4 Å². The lowest BCUT2D eigenvalue weighted by atomic mass is 9.92. The van der Waals surface area contributed by atoms with E-state index in [9.17, 15) is 18.0 Å². The Morgan fingerprint density at radius 2 is 1.79 bits per heavy atom. The molecule has 2 saturated heterocycles. The largest absolute Gasteiger partial charge is 0.444 e. The van der Waals surface area contributed by atoms with Crippen molar-refractivity contribution in [3.8, 4) is 11.4 Å². The zero-order valence-corrected chi connectivity index (χ0v) is 27.9. The Hall–Kier alpha value is -4.62. The third-order valence-electron chi connectivity index (χ3n) is 8.09. The Morgan fingerprint density at radius 1 is 1.02 bits per heavy atom. The summed E-state index contributed by atoms with van der Waals surface area (Å²) >= 11 is 0. The van der Waals surface area contributed by atoms with Crippen LogP contribution in [0.5, 0.6) is 0 Å². The molecule has 2 amide bonds. The highest BCUT2D eigenvalue weighted by Crippen LogP contribution is 2.33. The minimum Gasteiger partial charge on any atom is -0.444 e. The lowest BCUT2D eigenvalue weighted by molar-refractivity contribution is -0.144. The third kappa shape index (κ3) is 7.20. The van der Waals surface area contributed by atoms with E-state index in [2.05, 4.69) is 15.2 Å². The molecule has 1 spiro atoms. The molecule has 1 aromatic carbocycles. The third-order valence-corrected chi connectivity index (χ3v) is 9.33. The summed E-state index contributed by atoms with van der Waals surface area (Å²) in [4.78, 5) is 43.6. The standard InChI is InChI=1S/C34H38N6O6S/c1-22-9-10-23(15-29(22)47(5,43)44)31(41)36-18-25-16-28-24(17-35-25)11-12-27(37-28)26-7-6-8-30(38-26)39-13-14-45-34(19-39)20-40(21-34)32(42)46-33(2,3)4/h6-12,15-17H,13-14,18-21H2,1-5H3,(H,36,41). The topological polar surface area (TPSA) is 144 Å². The number of morpholine rings is 1. The van der Waals surface area contributed by atoms with Gasteiger partial charge in [0.1, 0.15) is 17.0 Å². The van der Waals surface area contributed by atoms with Gasteiger partial charge >= 0.3 is 6.09 Å². The highest BCUT2D eigenvalue weighted by molar-refractivity contribution is 7.90. The number of aryl methyl sites for hydroxylation is 1. The maximum absolute atomic E-state index is 12.8. The van der Waals surface area contributed by atoms with Crippen molar-refractivity contribution in [1.82, 2.24) is 25.2 Å². The number of hydrogen-bond donors (Lipinski definition) is 1. The van der Waals surface area contributed by atoms with Crippen LogP contribution in [0, 0.1) is 6.92 Å². The summed E-state index contributed by atoms with van der Waals surface area (Å²) < 4.78 is 35.8. The van der Waals surface area contributed by atoms with Crippen molar-refractivity contribution in [2.75, 3.05) is 43.9 Å². The molecule has 47 heavy (non-hydrogen) atoms. The summed E-state index contributed by atoms with van der Waals surface area (Å²) in [7, 11) is -3.46. The first-order valence-corrected chi connectivity index (χ1v) is 17.3. The van der Waals surface area contributed by atoms with Gasteiger partial charge in [-0.3, -0.25) is 9.78 Å². The van der Waals surface area contributed by atoms with Crippen LogP contribution in [0.3, 0.4) is 0 Å². The number of benzene rings is 1. The Kier molecular flexibility index (Phi) is 8.39. The van der Waals surface area contributed by atoms with Crippen LogP contribution in [0.2, 0.25) is 0 Å². The first-order valence-electron chi connectivity index (χ1n) is 15.4. The fourth-order valence-corrected chi connectivity index (χ4v) is 6.78. The van der Waals surface area contributed by atoms with E-state index in [1.165, 1.54) is 6.07 Å². The van der Waals surface area contributed by atoms with Crippen LogP contribution in [-0.2, 0) is 25.9 Å². The normalized spacial score (nSPS) is 16.2. The average molecular weight is 659 g/mol. The van der Waals surface area contributed by atoms with Crippen molar-refractivity contribution < 1.29 is 27.5 Å². The Labute approximate surface area is 274 Å². The quantitative estimate of drug-likeness (QED) is 0.321. The second-order valence-corrected chi connectivity index (χ2v) is 15.2. The van der Waals surface area contributed by atoms with Crippen LogP contribution in [0.15, 0.2) is 65.7 Å². The monoisotopic (exact) mass is 658 g/mol. The number of nitrogens with zero attached hydrogens (tertiary/aromatic N) is 5. The predicted octanol–water partition coefficient (Wildman–Crippen LogP) is 4.16. The van der Waals surface area contributed by atoms with Gasteiger partial charge in [0.05, 0.1) is 60.3 Å². The van der Waals surface area contributed by atoms with Gasteiger partial charge in [-0.1, -0.05) is 12.1 Å². The number of hydrogen-bond acceptors (Lipinski definition) is 10. The van der Waals surface area contributed by atoms with Crippen molar-refractivity contribution in [2.24, 2.45) is 0 Å². The molecule has 4 aromatic rings. The van der Waals surface area contributed by atoms with Crippen LogP contribution in [0.25, 0.3) is 22.3 Å². The van der Waals surface area contributed by atoms with Crippen molar-refractivity contribution in [1.29, 1.82) is 0 Å². The molecule has 2 aliphatic heterocycles. The van der Waals surface area contributed by atoms with Crippen LogP contribution >= 0.6 is 0 Å². The SMILES string of the molecule is Cc1ccc(C(=O)NCc2cc3nc(-c4cccc(N5CCOC6(CN(C(=O)OC(C)(C)C)C6)C5)n4)ccc3cn2)cc1S(C)(=O)=O. The molecule has 2 aliphatic rings. The summed E-state index contributed by atoms with van der Waals surface area (Å²) in [6.45, 7) is 10.1. The molecule has 1 N–H and O–H groups in total. The fourth-order valence-electron chi connectivity index (χ4n) is 5.79. The molecule has 13 heteroatoms. The zero-order chi connectivity index (χ0) is 33.6. The zero-order valence-electron chi connectivity index (χ0n) is 27.1. The molecule has 246 valence electrons. The van der Waals surface area contributed by atoms with E-state index in [-0.39, 0.29) is 23.1 Å². The molecule has 3 aromatic heterocycles. The summed E-state index contributed by atoms with van der Waals surface area (Å²) in [5.41, 5.74) is 2.54. The van der Waals surface area contributed by atoms with Gasteiger partial charge in [-0.05, 0) is 75.7 Å². The van der Waals surface area contributed by atoms with E-state index in [0.717, 1.165) is 17.5 Å². The number of carbonyl (C=O) groups is 2. The van der Waals surface area contributed by atoms with Gasteiger partial charge in [0, 0.05) is 29.9 Å². The first kappa shape index (κ1) is 32.3. The number of sulfone groups is 1. The number of pyridine rings is 3. The van der Waals surface area contributed by atoms with E-state index in [1.807, 2.05) is 57.2 Å². The number of rotatable bonds is 6. The molecule has 0 saturated carbocycles. The minimum absolute atomic E-state index is 0.129. The maximum atomic E-state index is 12.8. The average Bonchev–Trinajstić information content (AvgIpc) is 3.01. The second-order valence-electron chi connectivity index (χ2n) is 13.2. The van der Waals surface area contributed by atoms with E-state index >= 15 is 0 Å². The number of carbonyl (C=O) groups excluding carboxylic acids is 2. The molecule has 6 rings (SSSR count). The molecular formula is C34H38N6O6S. The van der Waals surface area contributed by atoms with Crippen molar-refractivity contribution in [3.05, 3.63) is 77.6 Å². The number of aromatic nitrogens is 3. The Morgan fingerprint density at radius 3 is 2.53 bits per heavy atom. The highest BCUT2D eigenvalue weighted by atomic mass is 32.2. The smallest absolute Gasteiger partial charge is 0.410 e. The van der Waals surface area contributed by atoms with Gasteiger partial charge < -0.3 is 24.6 Å². The van der Waals surface area contributed by atoms with Crippen LogP contribution in [-0.4, -0.2) is 90.5 Å². The summed E-state index contributed by atoms with van der Waals surface area (Å²) in [5.74, 6) is 0.403. The number of anilines is 1. The van der Waals surface area contributed by atoms with Crippen molar-refractivity contribution in [2.45, 2.75) is 50.3 Å². The molecule has 0 radical (unpaired) electrons. The van der Waals surface area contributed by atoms with Gasteiger partial charge in [0.15, 0.2) is 9.84 Å². The molecule has 0 bridgehead atoms. The van der Waals surface area contributed by atoms with E-state index < -0.39 is 26.9 Å². The summed E-state index contributed by atoms with van der Waals surface area (Å²) in [6, 6.07) is 16.1. The summed E-state index contributed by atoms with van der Waals surface area (Å²) in [5, 5.41) is 3.66. The first-order chi connectivity index (χ1) is 22.2. The Balaban J connectivity index is 1.14. The summed E-state index contributed by atoms with van der Waals surface area (Å²) in [6.07, 6.45) is 2.50. The molecule has 0 unspecified atom stereocenters. The molecule has 2 fully saturated rings. The Bertz CT molecular complexity index is 1970. The van der Waals surface area contributed by atoms with Crippen LogP contribution < -0.4 is 10.2 Å². The van der Waals surface area contributed by atoms with Crippen LogP contribution in [0.1, 0.15) is 42.4 Å². The molecule has 12 nitrogen and oxygen atoms in total. The number of likely N-dealkylation sites (tertiary alicyclic amines) is 1. The van der Waals surface area contributed by atoms with Gasteiger partial charge in [-0.25, -0.2) is 23.2 Å². The van der Waals surface area contributed by atoms with Crippen molar-refractivity contribution >= 4 is 38.6 Å². The van der Waals surface area contributed by atoms with Crippen LogP contribution in [0.4, 0.5) is 10.6 Å². The predicted molar refractivity (Wildman–Crippen MR) is 177 cm³/mol. The van der Waals surface area contributed by atoms with E-state index in [1.54, 1.807) is 30.2 Å².